The van der Waals surface area contributed by atoms with Crippen LogP contribution >= 0.6 is 27.5 Å². The lowest BCUT2D eigenvalue weighted by atomic mass is 10.0. The maximum atomic E-state index is 12.1. The van der Waals surface area contributed by atoms with Crippen molar-refractivity contribution in [3.63, 3.8) is 0 Å². The topological polar surface area (TPSA) is 58.2 Å². The van der Waals surface area contributed by atoms with Crippen LogP contribution < -0.4 is 10.0 Å². The summed E-state index contributed by atoms with van der Waals surface area (Å²) < 4.78 is 27.6. The predicted molar refractivity (Wildman–Crippen MR) is 82.2 cm³/mol. The summed E-state index contributed by atoms with van der Waals surface area (Å²) in [4.78, 5) is 0. The van der Waals surface area contributed by atoms with Gasteiger partial charge in [0.1, 0.15) is 0 Å². The normalized spacial score (nSPS) is 17.4. The molecule has 2 N–H and O–H groups in total. The van der Waals surface area contributed by atoms with Crippen molar-refractivity contribution < 1.29 is 8.42 Å². The Morgan fingerprint density at radius 2 is 2.05 bits per heavy atom. The van der Waals surface area contributed by atoms with Gasteiger partial charge in [-0.25, -0.2) is 8.42 Å². The second-order valence-corrected chi connectivity index (χ2v) is 7.79. The highest BCUT2D eigenvalue weighted by atomic mass is 79.9. The second kappa shape index (κ2) is 6.43. The van der Waals surface area contributed by atoms with Crippen molar-refractivity contribution in [3.8, 4) is 0 Å². The van der Waals surface area contributed by atoms with E-state index in [1.807, 2.05) is 0 Å². The molecule has 1 aliphatic rings. The van der Waals surface area contributed by atoms with Gasteiger partial charge in [-0.2, -0.15) is 0 Å². The SMILES string of the molecule is O=S(=O)(CC1CCNCC1)Nc1ccc(Br)cc1Cl. The van der Waals surface area contributed by atoms with E-state index in [1.54, 1.807) is 18.2 Å². The van der Waals surface area contributed by atoms with Gasteiger partial charge in [0, 0.05) is 4.47 Å². The fourth-order valence-corrected chi connectivity index (χ4v) is 4.47. The van der Waals surface area contributed by atoms with Gasteiger partial charge in [0.05, 0.1) is 16.5 Å². The molecule has 1 heterocycles. The highest BCUT2D eigenvalue weighted by Crippen LogP contribution is 2.27. The second-order valence-electron chi connectivity index (χ2n) is 4.70. The van der Waals surface area contributed by atoms with Gasteiger partial charge in [-0.15, -0.1) is 0 Å². The molecule has 0 spiro atoms. The molecule has 106 valence electrons. The van der Waals surface area contributed by atoms with Crippen LogP contribution in [0.2, 0.25) is 5.02 Å². The van der Waals surface area contributed by atoms with Crippen LogP contribution in [0.1, 0.15) is 12.8 Å². The lowest BCUT2D eigenvalue weighted by Crippen LogP contribution is -2.33. The molecule has 1 aliphatic heterocycles. The molecule has 1 aromatic rings. The molecule has 1 aromatic carbocycles. The lowest BCUT2D eigenvalue weighted by Gasteiger charge is -2.22. The van der Waals surface area contributed by atoms with Crippen LogP contribution in [0.5, 0.6) is 0 Å². The predicted octanol–water partition coefficient (Wildman–Crippen LogP) is 2.84. The zero-order valence-electron chi connectivity index (χ0n) is 10.3. The quantitative estimate of drug-likeness (QED) is 0.860. The van der Waals surface area contributed by atoms with Crippen LogP contribution in [0.25, 0.3) is 0 Å². The first-order chi connectivity index (χ1) is 8.96. The molecule has 1 saturated heterocycles. The smallest absolute Gasteiger partial charge is 0.233 e. The minimum absolute atomic E-state index is 0.154. The highest BCUT2D eigenvalue weighted by Gasteiger charge is 2.21. The van der Waals surface area contributed by atoms with Crippen molar-refractivity contribution in [2.45, 2.75) is 12.8 Å². The molecular weight excluding hydrogens is 352 g/mol. The zero-order chi connectivity index (χ0) is 13.9. The van der Waals surface area contributed by atoms with E-state index in [1.165, 1.54) is 0 Å². The number of hydrogen-bond acceptors (Lipinski definition) is 3. The van der Waals surface area contributed by atoms with Gasteiger partial charge >= 0.3 is 0 Å². The summed E-state index contributed by atoms with van der Waals surface area (Å²) in [6.45, 7) is 1.78. The third kappa shape index (κ3) is 4.63. The van der Waals surface area contributed by atoms with Gasteiger partial charge in [0.2, 0.25) is 10.0 Å². The molecule has 0 bridgehead atoms. The number of piperidine rings is 1. The van der Waals surface area contributed by atoms with Crippen molar-refractivity contribution >= 4 is 43.2 Å². The summed E-state index contributed by atoms with van der Waals surface area (Å²) in [6.07, 6.45) is 1.80. The molecule has 0 saturated carbocycles. The zero-order valence-corrected chi connectivity index (χ0v) is 13.5. The Morgan fingerprint density at radius 1 is 1.37 bits per heavy atom. The average Bonchev–Trinajstić information content (AvgIpc) is 2.33. The largest absolute Gasteiger partial charge is 0.317 e. The molecule has 0 aliphatic carbocycles. The molecule has 7 heteroatoms. The van der Waals surface area contributed by atoms with Crippen molar-refractivity contribution in [1.82, 2.24) is 5.32 Å². The van der Waals surface area contributed by atoms with Crippen LogP contribution in [0.4, 0.5) is 5.69 Å². The Labute approximate surface area is 127 Å². The van der Waals surface area contributed by atoms with Gasteiger partial charge in [-0.05, 0) is 50.0 Å². The van der Waals surface area contributed by atoms with E-state index >= 15 is 0 Å². The van der Waals surface area contributed by atoms with Gasteiger partial charge in [-0.3, -0.25) is 4.72 Å². The molecule has 0 unspecified atom stereocenters. The summed E-state index contributed by atoms with van der Waals surface area (Å²) in [5, 5.41) is 3.62. The van der Waals surface area contributed by atoms with E-state index in [9.17, 15) is 8.42 Å². The Kier molecular flexibility index (Phi) is 5.11. The third-order valence-electron chi connectivity index (χ3n) is 3.11. The van der Waals surface area contributed by atoms with Crippen molar-refractivity contribution in [1.29, 1.82) is 0 Å². The summed E-state index contributed by atoms with van der Waals surface area (Å²) in [5.41, 5.74) is 0.429. The fourth-order valence-electron chi connectivity index (χ4n) is 2.14. The van der Waals surface area contributed by atoms with Crippen LogP contribution in [0, 0.1) is 5.92 Å². The third-order valence-corrected chi connectivity index (χ3v) is 5.36. The number of benzene rings is 1. The maximum absolute atomic E-state index is 12.1. The molecule has 0 atom stereocenters. The molecular formula is C12H16BrClN2O2S. The monoisotopic (exact) mass is 366 g/mol. The fraction of sp³-hybridized carbons (Fsp3) is 0.500. The minimum Gasteiger partial charge on any atom is -0.317 e. The number of hydrogen-bond donors (Lipinski definition) is 2. The van der Waals surface area contributed by atoms with E-state index < -0.39 is 10.0 Å². The summed E-state index contributed by atoms with van der Waals surface area (Å²) in [7, 11) is -3.35. The molecule has 0 amide bonds. The van der Waals surface area contributed by atoms with Crippen LogP contribution in [0.15, 0.2) is 22.7 Å². The Hall–Kier alpha value is -0.300. The summed E-state index contributed by atoms with van der Waals surface area (Å²) >= 11 is 9.30. The molecule has 19 heavy (non-hydrogen) atoms. The van der Waals surface area contributed by atoms with Crippen LogP contribution in [-0.2, 0) is 10.0 Å². The number of halogens is 2. The average molecular weight is 368 g/mol. The van der Waals surface area contributed by atoms with Gasteiger partial charge in [0.15, 0.2) is 0 Å². The standard InChI is InChI=1S/C12H16BrClN2O2S/c13-10-1-2-12(11(14)7-10)16-19(17,18)8-9-3-5-15-6-4-9/h1-2,7,9,15-16H,3-6,8H2. The molecule has 0 aromatic heterocycles. The molecule has 0 radical (unpaired) electrons. The Bertz CT molecular complexity index is 545. The van der Waals surface area contributed by atoms with Gasteiger partial charge < -0.3 is 5.32 Å². The van der Waals surface area contributed by atoms with E-state index in [-0.39, 0.29) is 11.7 Å². The molecule has 4 nitrogen and oxygen atoms in total. The Morgan fingerprint density at radius 3 is 2.68 bits per heavy atom. The maximum Gasteiger partial charge on any atom is 0.233 e. The summed E-state index contributed by atoms with van der Waals surface area (Å²) in [5.74, 6) is 0.370. The first kappa shape index (κ1) is 15.1. The molecule has 1 fully saturated rings. The number of nitrogens with one attached hydrogen (secondary N) is 2. The van der Waals surface area contributed by atoms with Crippen LogP contribution in [-0.4, -0.2) is 27.3 Å². The first-order valence-corrected chi connectivity index (χ1v) is 8.95. The number of anilines is 1. The van der Waals surface area contributed by atoms with E-state index in [2.05, 4.69) is 26.0 Å². The minimum atomic E-state index is -3.35. The summed E-state index contributed by atoms with van der Waals surface area (Å²) in [6, 6.07) is 5.09. The van der Waals surface area contributed by atoms with Gasteiger partial charge in [0.25, 0.3) is 0 Å². The van der Waals surface area contributed by atoms with E-state index in [0.717, 1.165) is 30.4 Å². The number of sulfonamides is 1. The van der Waals surface area contributed by atoms with E-state index in [0.29, 0.717) is 10.7 Å². The van der Waals surface area contributed by atoms with Crippen LogP contribution in [0.3, 0.4) is 0 Å². The van der Waals surface area contributed by atoms with Crippen molar-refractivity contribution in [2.75, 3.05) is 23.6 Å². The lowest BCUT2D eigenvalue weighted by molar-refractivity contribution is 0.402. The van der Waals surface area contributed by atoms with Gasteiger partial charge in [-0.1, -0.05) is 27.5 Å². The first-order valence-electron chi connectivity index (χ1n) is 6.12. The van der Waals surface area contributed by atoms with Crippen molar-refractivity contribution in [2.24, 2.45) is 5.92 Å². The highest BCUT2D eigenvalue weighted by molar-refractivity contribution is 9.10. The van der Waals surface area contributed by atoms with Crippen molar-refractivity contribution in [3.05, 3.63) is 27.7 Å². The molecule has 2 rings (SSSR count). The Balaban J connectivity index is 2.03. The number of rotatable bonds is 4. The van der Waals surface area contributed by atoms with E-state index in [4.69, 9.17) is 11.6 Å².